The molecular formula is C12H10O14S4. The molecule has 18 heteroatoms. The van der Waals surface area contributed by atoms with Crippen molar-refractivity contribution >= 4 is 40.5 Å². The minimum atomic E-state index is -5.92. The van der Waals surface area contributed by atoms with Gasteiger partial charge in [0.25, 0.3) is 40.5 Å². The number of hydrogen-bond donors (Lipinski definition) is 6. The van der Waals surface area contributed by atoms with Gasteiger partial charge in [0.1, 0.15) is 15.5 Å². The molecule has 2 aromatic carbocycles. The summed E-state index contributed by atoms with van der Waals surface area (Å²) in [5.41, 5.74) is -2.30. The molecule has 0 atom stereocenters. The standard InChI is InChI=1S/C12H10O14S4/c13-6-3-1-5(2-4-6)7-9(27(15,16)17)11(29(21,22)23)8(14)12(30(24,25)26)10(7)28(18,19)20/h1-4,13-14H,(H,15,16,17)(H,18,19,20)(H,21,22,23)(H,24,25,26). The van der Waals surface area contributed by atoms with Crippen LogP contribution in [0.25, 0.3) is 11.1 Å². The molecule has 0 aliphatic carbocycles. The van der Waals surface area contributed by atoms with Gasteiger partial charge in [-0.1, -0.05) is 12.1 Å². The van der Waals surface area contributed by atoms with Crippen LogP contribution >= 0.6 is 0 Å². The molecule has 0 unspecified atom stereocenters. The van der Waals surface area contributed by atoms with Crippen LogP contribution in [-0.4, -0.2) is 62.1 Å². The van der Waals surface area contributed by atoms with Crippen LogP contribution in [0.4, 0.5) is 0 Å². The predicted octanol–water partition coefficient (Wildman–Crippen LogP) is -0.248. The second kappa shape index (κ2) is 7.13. The van der Waals surface area contributed by atoms with Gasteiger partial charge in [0.15, 0.2) is 15.5 Å². The Labute approximate surface area is 169 Å². The Bertz CT molecular complexity index is 1380. The van der Waals surface area contributed by atoms with Crippen molar-refractivity contribution in [3.63, 3.8) is 0 Å². The predicted molar refractivity (Wildman–Crippen MR) is 94.5 cm³/mol. The fourth-order valence-electron chi connectivity index (χ4n) is 2.51. The number of phenols is 2. The van der Waals surface area contributed by atoms with Crippen LogP contribution in [0.2, 0.25) is 0 Å². The maximum Gasteiger partial charge on any atom is 0.299 e. The van der Waals surface area contributed by atoms with Crippen molar-refractivity contribution in [1.82, 2.24) is 0 Å². The highest BCUT2D eigenvalue weighted by Gasteiger charge is 2.43. The van der Waals surface area contributed by atoms with Crippen molar-refractivity contribution in [3.05, 3.63) is 24.3 Å². The van der Waals surface area contributed by atoms with Crippen molar-refractivity contribution < 1.29 is 62.1 Å². The molecule has 6 N–H and O–H groups in total. The van der Waals surface area contributed by atoms with Crippen LogP contribution in [0.1, 0.15) is 0 Å². The molecule has 0 radical (unpaired) electrons. The first-order chi connectivity index (χ1) is 13.3. The topological polar surface area (TPSA) is 258 Å². The molecule has 0 aliphatic heterocycles. The summed E-state index contributed by atoms with van der Waals surface area (Å²) >= 11 is 0. The lowest BCUT2D eigenvalue weighted by Gasteiger charge is -2.19. The lowest BCUT2D eigenvalue weighted by atomic mass is 10.0. The molecule has 0 bridgehead atoms. The molecule has 0 saturated carbocycles. The van der Waals surface area contributed by atoms with Crippen molar-refractivity contribution in [3.8, 4) is 22.6 Å². The van der Waals surface area contributed by atoms with E-state index < -0.39 is 82.7 Å². The zero-order valence-corrected chi connectivity index (χ0v) is 17.2. The van der Waals surface area contributed by atoms with Crippen LogP contribution in [0.3, 0.4) is 0 Å². The fraction of sp³-hybridized carbons (Fsp3) is 0. The minimum Gasteiger partial charge on any atom is -0.508 e. The Hall–Kier alpha value is -2.32. The smallest absolute Gasteiger partial charge is 0.299 e. The highest BCUT2D eigenvalue weighted by atomic mass is 32.2. The van der Waals surface area contributed by atoms with Crippen molar-refractivity contribution in [2.75, 3.05) is 0 Å². The quantitative estimate of drug-likeness (QED) is 0.286. The Morgan fingerprint density at radius 1 is 0.500 bits per heavy atom. The zero-order chi connectivity index (χ0) is 23.4. The van der Waals surface area contributed by atoms with Gasteiger partial charge >= 0.3 is 0 Å². The van der Waals surface area contributed by atoms with E-state index in [1.54, 1.807) is 0 Å². The summed E-state index contributed by atoms with van der Waals surface area (Å²) < 4.78 is 132. The van der Waals surface area contributed by atoms with Gasteiger partial charge in [0.2, 0.25) is 0 Å². The van der Waals surface area contributed by atoms with Gasteiger partial charge < -0.3 is 10.2 Å². The summed E-state index contributed by atoms with van der Waals surface area (Å²) in [6.45, 7) is 0. The Morgan fingerprint density at radius 3 is 1.07 bits per heavy atom. The third kappa shape index (κ3) is 4.39. The van der Waals surface area contributed by atoms with E-state index in [9.17, 15) is 62.1 Å². The van der Waals surface area contributed by atoms with Gasteiger partial charge in [0.05, 0.1) is 0 Å². The maximum atomic E-state index is 11.9. The van der Waals surface area contributed by atoms with Gasteiger partial charge in [-0.05, 0) is 17.7 Å². The first-order valence-electron chi connectivity index (χ1n) is 6.90. The highest BCUT2D eigenvalue weighted by Crippen LogP contribution is 2.47. The summed E-state index contributed by atoms with van der Waals surface area (Å²) in [5, 5.41) is 19.3. The third-order valence-electron chi connectivity index (χ3n) is 3.48. The first-order valence-corrected chi connectivity index (χ1v) is 12.7. The summed E-state index contributed by atoms with van der Waals surface area (Å²) in [6.07, 6.45) is 0. The van der Waals surface area contributed by atoms with Crippen molar-refractivity contribution in [2.24, 2.45) is 0 Å². The van der Waals surface area contributed by atoms with Crippen LogP contribution in [0.15, 0.2) is 43.8 Å². The number of benzene rings is 2. The van der Waals surface area contributed by atoms with Crippen molar-refractivity contribution in [2.45, 2.75) is 19.6 Å². The summed E-state index contributed by atoms with van der Waals surface area (Å²) in [6, 6.07) is 2.97. The van der Waals surface area contributed by atoms with Gasteiger partial charge in [-0.2, -0.15) is 33.7 Å². The Morgan fingerprint density at radius 2 is 0.800 bits per heavy atom. The van der Waals surface area contributed by atoms with E-state index in [1.807, 2.05) is 0 Å². The number of hydrogen-bond acceptors (Lipinski definition) is 10. The molecule has 0 spiro atoms. The first kappa shape index (κ1) is 24.0. The van der Waals surface area contributed by atoms with Crippen LogP contribution in [-0.2, 0) is 40.5 Å². The van der Waals surface area contributed by atoms with E-state index >= 15 is 0 Å². The molecule has 0 aliphatic rings. The van der Waals surface area contributed by atoms with E-state index in [0.29, 0.717) is 12.1 Å². The van der Waals surface area contributed by atoms with Gasteiger partial charge in [0, 0.05) is 5.56 Å². The molecule has 0 saturated heterocycles. The van der Waals surface area contributed by atoms with Gasteiger partial charge in [-0.25, -0.2) is 0 Å². The fourth-order valence-corrected chi connectivity index (χ4v) is 6.89. The average molecular weight is 506 g/mol. The molecule has 14 nitrogen and oxygen atoms in total. The molecule has 0 fully saturated rings. The average Bonchev–Trinajstić information content (AvgIpc) is 2.50. The molecule has 166 valence electrons. The Balaban J connectivity index is 3.55. The van der Waals surface area contributed by atoms with Crippen LogP contribution in [0, 0.1) is 0 Å². The lowest BCUT2D eigenvalue weighted by molar-refractivity contribution is 0.404. The second-order valence-corrected chi connectivity index (χ2v) is 10.9. The summed E-state index contributed by atoms with van der Waals surface area (Å²) in [7, 11) is -23.6. The summed E-state index contributed by atoms with van der Waals surface area (Å²) in [4.78, 5) is -8.47. The third-order valence-corrected chi connectivity index (χ3v) is 7.42. The monoisotopic (exact) mass is 506 g/mol. The second-order valence-electron chi connectivity index (χ2n) is 5.49. The normalized spacial score (nSPS) is 13.3. The van der Waals surface area contributed by atoms with Crippen LogP contribution in [0.5, 0.6) is 11.5 Å². The molecule has 2 aromatic rings. The minimum absolute atomic E-state index is 0.496. The van der Waals surface area contributed by atoms with Crippen LogP contribution < -0.4 is 0 Å². The van der Waals surface area contributed by atoms with E-state index in [4.69, 9.17) is 0 Å². The zero-order valence-electron chi connectivity index (χ0n) is 13.9. The van der Waals surface area contributed by atoms with Gasteiger partial charge in [-0.15, -0.1) is 0 Å². The van der Waals surface area contributed by atoms with E-state index in [1.165, 1.54) is 0 Å². The van der Waals surface area contributed by atoms with Gasteiger partial charge in [-0.3, -0.25) is 18.2 Å². The lowest BCUT2D eigenvalue weighted by Crippen LogP contribution is -2.18. The molecule has 0 aromatic heterocycles. The number of aromatic hydroxyl groups is 2. The molecule has 2 rings (SSSR count). The SMILES string of the molecule is O=S(=O)(O)c1c(O)c(S(=O)(=O)O)c(S(=O)(=O)O)c(-c2ccc(O)cc2)c1S(=O)(=O)O. The Kier molecular flexibility index (Phi) is 5.69. The van der Waals surface area contributed by atoms with E-state index in [-0.39, 0.29) is 0 Å². The molecule has 0 amide bonds. The van der Waals surface area contributed by atoms with E-state index in [2.05, 4.69) is 0 Å². The van der Waals surface area contributed by atoms with E-state index in [0.717, 1.165) is 12.1 Å². The maximum absolute atomic E-state index is 11.9. The number of rotatable bonds is 5. The molecule has 30 heavy (non-hydrogen) atoms. The summed E-state index contributed by atoms with van der Waals surface area (Å²) in [5.74, 6) is -2.81. The molecule has 0 heterocycles. The highest BCUT2D eigenvalue weighted by molar-refractivity contribution is 7.90. The number of phenolic OH excluding ortho intramolecular Hbond substituents is 2. The van der Waals surface area contributed by atoms with Crippen molar-refractivity contribution in [1.29, 1.82) is 0 Å². The largest absolute Gasteiger partial charge is 0.508 e. The molecular weight excluding hydrogens is 496 g/mol.